The SMILES string of the molecule is Cc1ccc(CN2CCC(C(N)=O)CC2)cc1.O=C(O)C(=O)O. The highest BCUT2D eigenvalue weighted by Crippen LogP contribution is 2.18. The van der Waals surface area contributed by atoms with Gasteiger partial charge >= 0.3 is 11.9 Å². The largest absolute Gasteiger partial charge is 0.473 e. The first kappa shape index (κ1) is 18.6. The minimum Gasteiger partial charge on any atom is -0.473 e. The molecule has 23 heavy (non-hydrogen) atoms. The molecular weight excluding hydrogens is 300 g/mol. The van der Waals surface area contributed by atoms with Crippen molar-refractivity contribution in [3.63, 3.8) is 0 Å². The maximum absolute atomic E-state index is 11.1. The number of benzene rings is 1. The second kappa shape index (κ2) is 8.89. The molecule has 2 rings (SSSR count). The summed E-state index contributed by atoms with van der Waals surface area (Å²) in [4.78, 5) is 31.7. The third-order valence-corrected chi connectivity index (χ3v) is 3.70. The number of hydrogen-bond donors (Lipinski definition) is 3. The van der Waals surface area contributed by atoms with Gasteiger partial charge in [-0.15, -0.1) is 0 Å². The first-order chi connectivity index (χ1) is 10.8. The van der Waals surface area contributed by atoms with E-state index in [0.29, 0.717) is 0 Å². The molecule has 0 saturated carbocycles. The molecule has 1 amide bonds. The summed E-state index contributed by atoms with van der Waals surface area (Å²) < 4.78 is 0. The molecular formula is C16H22N2O5. The van der Waals surface area contributed by atoms with Gasteiger partial charge in [-0.2, -0.15) is 0 Å². The van der Waals surface area contributed by atoms with Crippen molar-refractivity contribution in [1.29, 1.82) is 0 Å². The van der Waals surface area contributed by atoms with E-state index in [1.54, 1.807) is 0 Å². The minimum absolute atomic E-state index is 0.0873. The zero-order valence-electron chi connectivity index (χ0n) is 13.1. The molecule has 0 aliphatic carbocycles. The quantitative estimate of drug-likeness (QED) is 0.709. The highest BCUT2D eigenvalue weighted by molar-refractivity contribution is 6.27. The van der Waals surface area contributed by atoms with Crippen LogP contribution >= 0.6 is 0 Å². The molecule has 1 heterocycles. The number of carboxylic acid groups (broad SMARTS) is 2. The number of aryl methyl sites for hydroxylation is 1. The molecule has 7 nitrogen and oxygen atoms in total. The summed E-state index contributed by atoms with van der Waals surface area (Å²) in [5.41, 5.74) is 7.96. The average molecular weight is 322 g/mol. The van der Waals surface area contributed by atoms with Crippen LogP contribution in [0.1, 0.15) is 24.0 Å². The Morgan fingerprint density at radius 2 is 1.57 bits per heavy atom. The van der Waals surface area contributed by atoms with Crippen LogP contribution in [-0.4, -0.2) is 46.0 Å². The normalized spacial score (nSPS) is 15.3. The van der Waals surface area contributed by atoms with E-state index < -0.39 is 11.9 Å². The fraction of sp³-hybridized carbons (Fsp3) is 0.438. The number of rotatable bonds is 3. The van der Waals surface area contributed by atoms with Crippen LogP contribution < -0.4 is 5.73 Å². The van der Waals surface area contributed by atoms with Gasteiger partial charge in [0, 0.05) is 12.5 Å². The molecule has 0 unspecified atom stereocenters. The monoisotopic (exact) mass is 322 g/mol. The average Bonchev–Trinajstić information content (AvgIpc) is 2.50. The Hall–Kier alpha value is -2.41. The van der Waals surface area contributed by atoms with Crippen LogP contribution in [0.2, 0.25) is 0 Å². The maximum atomic E-state index is 11.1. The van der Waals surface area contributed by atoms with Gasteiger partial charge < -0.3 is 15.9 Å². The zero-order chi connectivity index (χ0) is 17.4. The molecule has 0 bridgehead atoms. The third kappa shape index (κ3) is 6.92. The number of aliphatic carboxylic acids is 2. The number of likely N-dealkylation sites (tertiary alicyclic amines) is 1. The fourth-order valence-electron chi connectivity index (χ4n) is 2.33. The van der Waals surface area contributed by atoms with Crippen LogP contribution in [-0.2, 0) is 20.9 Å². The molecule has 1 aromatic rings. The standard InChI is InChI=1S/C14H20N2O.C2H2O4/c1-11-2-4-12(5-3-11)10-16-8-6-13(7-9-16)14(15)17;3-1(4)2(5)6/h2-5,13H,6-10H2,1H3,(H2,15,17);(H,3,4)(H,5,6). The molecule has 1 aromatic carbocycles. The molecule has 1 aliphatic rings. The Kier molecular flexibility index (Phi) is 7.21. The molecule has 7 heteroatoms. The van der Waals surface area contributed by atoms with Crippen molar-refractivity contribution in [2.24, 2.45) is 11.7 Å². The van der Waals surface area contributed by atoms with Crippen molar-refractivity contribution >= 4 is 17.8 Å². The lowest BCUT2D eigenvalue weighted by molar-refractivity contribution is -0.159. The van der Waals surface area contributed by atoms with Crippen molar-refractivity contribution in [3.05, 3.63) is 35.4 Å². The van der Waals surface area contributed by atoms with Gasteiger partial charge in [0.25, 0.3) is 0 Å². The van der Waals surface area contributed by atoms with E-state index in [2.05, 4.69) is 36.1 Å². The van der Waals surface area contributed by atoms with Crippen LogP contribution in [0.25, 0.3) is 0 Å². The number of piperidine rings is 1. The van der Waals surface area contributed by atoms with Crippen molar-refractivity contribution in [3.8, 4) is 0 Å². The summed E-state index contributed by atoms with van der Waals surface area (Å²) in [7, 11) is 0. The number of nitrogens with two attached hydrogens (primary N) is 1. The van der Waals surface area contributed by atoms with Crippen LogP contribution in [0, 0.1) is 12.8 Å². The Bertz CT molecular complexity index is 536. The molecule has 1 fully saturated rings. The lowest BCUT2D eigenvalue weighted by atomic mass is 9.96. The number of carboxylic acids is 2. The number of primary amides is 1. The highest BCUT2D eigenvalue weighted by Gasteiger charge is 2.22. The van der Waals surface area contributed by atoms with Gasteiger partial charge in [0.1, 0.15) is 0 Å². The third-order valence-electron chi connectivity index (χ3n) is 3.70. The molecule has 1 aliphatic heterocycles. The fourth-order valence-corrected chi connectivity index (χ4v) is 2.33. The molecule has 0 aromatic heterocycles. The lowest BCUT2D eigenvalue weighted by Crippen LogP contribution is -2.38. The predicted octanol–water partition coefficient (Wildman–Crippen LogP) is 0.848. The Labute approximate surface area is 134 Å². The van der Waals surface area contributed by atoms with Crippen LogP contribution in [0.15, 0.2) is 24.3 Å². The lowest BCUT2D eigenvalue weighted by Gasteiger charge is -2.30. The first-order valence-electron chi connectivity index (χ1n) is 7.33. The van der Waals surface area contributed by atoms with Gasteiger partial charge in [-0.1, -0.05) is 29.8 Å². The van der Waals surface area contributed by atoms with Crippen molar-refractivity contribution in [2.75, 3.05) is 13.1 Å². The summed E-state index contributed by atoms with van der Waals surface area (Å²) in [6.45, 7) is 5.02. The minimum atomic E-state index is -1.82. The number of amides is 1. The van der Waals surface area contributed by atoms with Gasteiger partial charge in [0.2, 0.25) is 5.91 Å². The van der Waals surface area contributed by atoms with E-state index in [1.807, 2.05) is 0 Å². The topological polar surface area (TPSA) is 121 Å². The summed E-state index contributed by atoms with van der Waals surface area (Å²) >= 11 is 0. The van der Waals surface area contributed by atoms with Crippen LogP contribution in [0.3, 0.4) is 0 Å². The van der Waals surface area contributed by atoms with E-state index in [1.165, 1.54) is 11.1 Å². The number of hydrogen-bond acceptors (Lipinski definition) is 4. The van der Waals surface area contributed by atoms with Gasteiger partial charge in [-0.05, 0) is 38.4 Å². The summed E-state index contributed by atoms with van der Waals surface area (Å²) in [6, 6.07) is 8.64. The van der Waals surface area contributed by atoms with Gasteiger partial charge in [-0.3, -0.25) is 9.69 Å². The summed E-state index contributed by atoms with van der Waals surface area (Å²) in [6.07, 6.45) is 1.81. The smallest absolute Gasteiger partial charge is 0.414 e. The Morgan fingerprint density at radius 1 is 1.09 bits per heavy atom. The molecule has 0 atom stereocenters. The molecule has 126 valence electrons. The Balaban J connectivity index is 0.000000379. The van der Waals surface area contributed by atoms with Gasteiger partial charge in [0.15, 0.2) is 0 Å². The van der Waals surface area contributed by atoms with E-state index in [-0.39, 0.29) is 11.8 Å². The summed E-state index contributed by atoms with van der Waals surface area (Å²) in [5.74, 6) is -3.70. The summed E-state index contributed by atoms with van der Waals surface area (Å²) in [5, 5.41) is 14.8. The molecule has 4 N–H and O–H groups in total. The van der Waals surface area contributed by atoms with Crippen molar-refractivity contribution in [2.45, 2.75) is 26.3 Å². The number of nitrogens with zero attached hydrogens (tertiary/aromatic N) is 1. The van der Waals surface area contributed by atoms with Crippen molar-refractivity contribution < 1.29 is 24.6 Å². The maximum Gasteiger partial charge on any atom is 0.414 e. The molecule has 0 spiro atoms. The number of carbonyl (C=O) groups is 3. The predicted molar refractivity (Wildman–Crippen MR) is 83.6 cm³/mol. The second-order valence-corrected chi connectivity index (χ2v) is 5.55. The Morgan fingerprint density at radius 3 is 1.96 bits per heavy atom. The van der Waals surface area contributed by atoms with E-state index >= 15 is 0 Å². The van der Waals surface area contributed by atoms with Crippen LogP contribution in [0.4, 0.5) is 0 Å². The first-order valence-corrected chi connectivity index (χ1v) is 7.33. The van der Waals surface area contributed by atoms with E-state index in [4.69, 9.17) is 25.5 Å². The number of carbonyl (C=O) groups excluding carboxylic acids is 1. The highest BCUT2D eigenvalue weighted by atomic mass is 16.4. The van der Waals surface area contributed by atoms with Crippen LogP contribution in [0.5, 0.6) is 0 Å². The van der Waals surface area contributed by atoms with Gasteiger partial charge in [-0.25, -0.2) is 9.59 Å². The van der Waals surface area contributed by atoms with E-state index in [0.717, 1.165) is 32.5 Å². The zero-order valence-corrected chi connectivity index (χ0v) is 13.1. The van der Waals surface area contributed by atoms with Crippen molar-refractivity contribution in [1.82, 2.24) is 4.90 Å². The molecule has 0 radical (unpaired) electrons. The van der Waals surface area contributed by atoms with Gasteiger partial charge in [0.05, 0.1) is 0 Å². The second-order valence-electron chi connectivity index (χ2n) is 5.55. The van der Waals surface area contributed by atoms with E-state index in [9.17, 15) is 4.79 Å². The molecule has 1 saturated heterocycles.